The van der Waals surface area contributed by atoms with Crippen LogP contribution in [0.4, 0.5) is 5.69 Å². The van der Waals surface area contributed by atoms with Crippen molar-refractivity contribution < 1.29 is 23.5 Å². The quantitative estimate of drug-likeness (QED) is 0.403. The second kappa shape index (κ2) is 9.95. The van der Waals surface area contributed by atoms with Crippen molar-refractivity contribution in [3.05, 3.63) is 100 Å². The van der Waals surface area contributed by atoms with Crippen molar-refractivity contribution in [3.8, 4) is 11.4 Å². The van der Waals surface area contributed by atoms with E-state index < -0.39 is 18.5 Å². The molecule has 0 bridgehead atoms. The van der Waals surface area contributed by atoms with E-state index in [2.05, 4.69) is 5.32 Å². The van der Waals surface area contributed by atoms with Crippen LogP contribution in [0.3, 0.4) is 0 Å². The lowest BCUT2D eigenvalue weighted by Crippen LogP contribution is -2.25. The lowest BCUT2D eigenvalue weighted by molar-refractivity contribution is -0.119. The fourth-order valence-electron chi connectivity index (χ4n) is 3.33. The molecule has 0 aliphatic heterocycles. The van der Waals surface area contributed by atoms with Gasteiger partial charge in [-0.3, -0.25) is 14.3 Å². The Kier molecular flexibility index (Phi) is 6.63. The number of hydrogen-bond acceptors (Lipinski definition) is 6. The van der Waals surface area contributed by atoms with E-state index >= 15 is 0 Å². The Hall–Kier alpha value is -4.53. The first-order valence-electron chi connectivity index (χ1n) is 10.5. The Morgan fingerprint density at radius 2 is 1.65 bits per heavy atom. The zero-order valence-corrected chi connectivity index (χ0v) is 18.7. The fraction of sp³-hybridized carbons (Fsp3) is 0.160. The Morgan fingerprint density at radius 3 is 2.35 bits per heavy atom. The minimum atomic E-state index is -0.799. The van der Waals surface area contributed by atoms with E-state index in [4.69, 9.17) is 13.9 Å². The van der Waals surface area contributed by atoms with Gasteiger partial charge in [-0.05, 0) is 43.3 Å². The van der Waals surface area contributed by atoms with E-state index in [1.165, 1.54) is 10.7 Å². The molecule has 9 nitrogen and oxygen atoms in total. The monoisotopic (exact) mass is 461 g/mol. The van der Waals surface area contributed by atoms with E-state index in [9.17, 15) is 14.4 Å². The molecule has 174 valence electrons. The molecule has 0 radical (unpaired) electrons. The molecule has 1 N–H and O–H groups in total. The fourth-order valence-corrected chi connectivity index (χ4v) is 3.33. The summed E-state index contributed by atoms with van der Waals surface area (Å²) in [5.41, 5.74) is 0.947. The number of hydrogen-bond donors (Lipinski definition) is 1. The molecule has 0 aliphatic rings. The largest absolute Gasteiger partial charge is 0.486 e. The first kappa shape index (κ1) is 22.7. The summed E-state index contributed by atoms with van der Waals surface area (Å²) in [5, 5.41) is 2.54. The molecule has 2 aromatic carbocycles. The topological polar surface area (TPSA) is 105 Å². The van der Waals surface area contributed by atoms with Crippen molar-refractivity contribution in [2.24, 2.45) is 7.05 Å². The van der Waals surface area contributed by atoms with Crippen LogP contribution in [0.2, 0.25) is 0 Å². The minimum Gasteiger partial charge on any atom is -0.486 e. The van der Waals surface area contributed by atoms with Crippen molar-refractivity contribution >= 4 is 17.6 Å². The maximum atomic E-state index is 12.9. The third-order valence-corrected chi connectivity index (χ3v) is 5.14. The van der Waals surface area contributed by atoms with E-state index in [1.54, 1.807) is 49.0 Å². The molecule has 34 heavy (non-hydrogen) atoms. The summed E-state index contributed by atoms with van der Waals surface area (Å²) in [7, 11) is 1.72. The number of nitrogens with one attached hydrogen (secondary N) is 1. The van der Waals surface area contributed by atoms with Crippen molar-refractivity contribution in [3.63, 3.8) is 0 Å². The highest BCUT2D eigenvalue weighted by molar-refractivity contribution is 5.94. The Labute approximate surface area is 195 Å². The molecule has 4 aromatic rings. The maximum Gasteiger partial charge on any atom is 0.374 e. The Balaban J connectivity index is 1.34. The summed E-state index contributed by atoms with van der Waals surface area (Å²) < 4.78 is 19.1. The summed E-state index contributed by atoms with van der Waals surface area (Å²) >= 11 is 0. The summed E-state index contributed by atoms with van der Waals surface area (Å²) in [5.74, 6) is -0.392. The number of amides is 1. The number of anilines is 1. The smallest absolute Gasteiger partial charge is 0.374 e. The zero-order chi connectivity index (χ0) is 24.1. The average molecular weight is 461 g/mol. The third-order valence-electron chi connectivity index (χ3n) is 5.14. The van der Waals surface area contributed by atoms with Crippen LogP contribution in [0.1, 0.15) is 22.0 Å². The Morgan fingerprint density at radius 1 is 0.971 bits per heavy atom. The van der Waals surface area contributed by atoms with Gasteiger partial charge in [0.1, 0.15) is 23.8 Å². The molecule has 2 heterocycles. The SMILES string of the molecule is Cc1c(NC(=O)COC(=O)c2ccc(COc3ccccc3)o2)c(=O)n(-c2ccccc2)n1C. The van der Waals surface area contributed by atoms with Crippen LogP contribution >= 0.6 is 0 Å². The number of ether oxygens (including phenoxy) is 2. The van der Waals surface area contributed by atoms with Crippen LogP contribution in [0.25, 0.3) is 5.69 Å². The van der Waals surface area contributed by atoms with Crippen LogP contribution in [0.15, 0.2) is 82.0 Å². The van der Waals surface area contributed by atoms with Crippen LogP contribution in [0.5, 0.6) is 5.75 Å². The minimum absolute atomic E-state index is 0.0539. The van der Waals surface area contributed by atoms with Gasteiger partial charge in [-0.25, -0.2) is 9.48 Å². The lowest BCUT2D eigenvalue weighted by Gasteiger charge is -2.07. The normalized spacial score (nSPS) is 10.6. The van der Waals surface area contributed by atoms with Crippen molar-refractivity contribution in [2.75, 3.05) is 11.9 Å². The highest BCUT2D eigenvalue weighted by atomic mass is 16.6. The molecule has 0 atom stereocenters. The lowest BCUT2D eigenvalue weighted by atomic mass is 10.3. The first-order chi connectivity index (χ1) is 16.4. The number of para-hydroxylation sites is 2. The molecule has 0 unspecified atom stereocenters. The van der Waals surface area contributed by atoms with E-state index in [0.29, 0.717) is 22.9 Å². The second-order valence-electron chi connectivity index (χ2n) is 7.43. The highest BCUT2D eigenvalue weighted by Crippen LogP contribution is 2.16. The van der Waals surface area contributed by atoms with Gasteiger partial charge in [0.25, 0.3) is 11.5 Å². The van der Waals surface area contributed by atoms with Gasteiger partial charge >= 0.3 is 5.97 Å². The van der Waals surface area contributed by atoms with Crippen molar-refractivity contribution in [2.45, 2.75) is 13.5 Å². The van der Waals surface area contributed by atoms with Gasteiger partial charge in [-0.2, -0.15) is 0 Å². The van der Waals surface area contributed by atoms with Gasteiger partial charge < -0.3 is 19.2 Å². The number of carbonyl (C=O) groups is 2. The molecule has 0 saturated heterocycles. The maximum absolute atomic E-state index is 12.9. The van der Waals surface area contributed by atoms with Crippen LogP contribution in [0, 0.1) is 6.92 Å². The van der Waals surface area contributed by atoms with Gasteiger partial charge in [-0.15, -0.1) is 0 Å². The molecule has 2 aromatic heterocycles. The number of rotatable bonds is 8. The number of furan rings is 1. The van der Waals surface area contributed by atoms with Crippen molar-refractivity contribution in [1.29, 1.82) is 0 Å². The number of benzene rings is 2. The molecular weight excluding hydrogens is 438 g/mol. The zero-order valence-electron chi connectivity index (χ0n) is 18.7. The predicted molar refractivity (Wildman–Crippen MR) is 124 cm³/mol. The summed E-state index contributed by atoms with van der Waals surface area (Å²) in [6.07, 6.45) is 0. The molecule has 0 aliphatic carbocycles. The van der Waals surface area contributed by atoms with E-state index in [1.807, 2.05) is 36.4 Å². The molecule has 9 heteroatoms. The number of esters is 1. The highest BCUT2D eigenvalue weighted by Gasteiger charge is 2.20. The predicted octanol–water partition coefficient (Wildman–Crippen LogP) is 3.45. The van der Waals surface area contributed by atoms with Gasteiger partial charge in [0, 0.05) is 7.05 Å². The van der Waals surface area contributed by atoms with Gasteiger partial charge in [-0.1, -0.05) is 36.4 Å². The first-order valence-corrected chi connectivity index (χ1v) is 10.5. The summed E-state index contributed by atoms with van der Waals surface area (Å²) in [4.78, 5) is 37.5. The summed E-state index contributed by atoms with van der Waals surface area (Å²) in [6, 6.07) is 21.3. The average Bonchev–Trinajstić information content (AvgIpc) is 3.41. The van der Waals surface area contributed by atoms with Crippen LogP contribution in [-0.4, -0.2) is 27.8 Å². The number of aromatic nitrogens is 2. The van der Waals surface area contributed by atoms with Gasteiger partial charge in [0.2, 0.25) is 5.76 Å². The number of carbonyl (C=O) groups excluding carboxylic acids is 2. The standard InChI is InChI=1S/C25H23N3O6/c1-17-23(24(30)28(27(17)2)18-9-5-3-6-10-18)26-22(29)16-33-25(31)21-14-13-20(34-21)15-32-19-11-7-4-8-12-19/h3-14H,15-16H2,1-2H3,(H,26,29). The molecular formula is C25H23N3O6. The molecule has 0 saturated carbocycles. The van der Waals surface area contributed by atoms with Crippen molar-refractivity contribution in [1.82, 2.24) is 9.36 Å². The number of nitrogens with zero attached hydrogens (tertiary/aromatic N) is 2. The second-order valence-corrected chi connectivity index (χ2v) is 7.43. The molecule has 1 amide bonds. The molecule has 4 rings (SSSR count). The molecule has 0 fully saturated rings. The molecule has 0 spiro atoms. The van der Waals surface area contributed by atoms with Crippen LogP contribution < -0.4 is 15.6 Å². The van der Waals surface area contributed by atoms with E-state index in [-0.39, 0.29) is 23.6 Å². The Bertz CT molecular complexity index is 1350. The van der Waals surface area contributed by atoms with E-state index in [0.717, 1.165) is 0 Å². The van der Waals surface area contributed by atoms with Gasteiger partial charge in [0.15, 0.2) is 6.61 Å². The summed E-state index contributed by atoms with van der Waals surface area (Å²) in [6.45, 7) is 1.28. The van der Waals surface area contributed by atoms with Crippen LogP contribution in [-0.2, 0) is 23.2 Å². The third kappa shape index (κ3) is 4.93. The van der Waals surface area contributed by atoms with Gasteiger partial charge in [0.05, 0.1) is 11.4 Å².